The lowest BCUT2D eigenvalue weighted by molar-refractivity contribution is 0.464. The van der Waals surface area contributed by atoms with Crippen molar-refractivity contribution < 1.29 is 5.11 Å². The first-order valence-electron chi connectivity index (χ1n) is 7.37. The molecule has 1 rings (SSSR count). The smallest absolute Gasteiger partial charge is 0.193 e. The van der Waals surface area contributed by atoms with Crippen LogP contribution in [0, 0.1) is 0 Å². The first kappa shape index (κ1) is 20.0. The number of phenols is 1. The molecule has 0 saturated carbocycles. The summed E-state index contributed by atoms with van der Waals surface area (Å²) in [6.07, 6.45) is 4.43. The van der Waals surface area contributed by atoms with E-state index in [1.165, 1.54) is 18.4 Å². The molecule has 0 aromatic heterocycles. The molecule has 0 heterocycles. The van der Waals surface area contributed by atoms with Gasteiger partial charge < -0.3 is 15.3 Å². The lowest BCUT2D eigenvalue weighted by Crippen LogP contribution is -2.39. The Kier molecular flexibility index (Phi) is 11.1. The van der Waals surface area contributed by atoms with Crippen molar-refractivity contribution in [2.24, 2.45) is 4.99 Å². The lowest BCUT2D eigenvalue weighted by atomic mass is 10.1. The Labute approximate surface area is 145 Å². The van der Waals surface area contributed by atoms with E-state index in [1.54, 1.807) is 12.1 Å². The summed E-state index contributed by atoms with van der Waals surface area (Å²) >= 11 is 0. The number of hydrogen-bond acceptors (Lipinski definition) is 2. The van der Waals surface area contributed by atoms with Crippen LogP contribution in [-0.2, 0) is 6.42 Å². The summed E-state index contributed by atoms with van der Waals surface area (Å²) in [5.74, 6) is 1.29. The number of nitrogens with one attached hydrogen (secondary N) is 1. The third kappa shape index (κ3) is 8.14. The summed E-state index contributed by atoms with van der Waals surface area (Å²) in [5.41, 5.74) is 1.25. The van der Waals surface area contributed by atoms with Crippen LogP contribution < -0.4 is 5.32 Å². The molecular weight excluding hydrogens is 377 g/mol. The number of guanidine groups is 1. The zero-order chi connectivity index (χ0) is 14.8. The predicted molar refractivity (Wildman–Crippen MR) is 101 cm³/mol. The fraction of sp³-hybridized carbons (Fsp3) is 0.562. The van der Waals surface area contributed by atoms with E-state index < -0.39 is 0 Å². The Hall–Kier alpha value is -0.980. The van der Waals surface area contributed by atoms with Crippen LogP contribution in [0.1, 0.15) is 31.7 Å². The number of rotatable bonds is 7. The molecule has 0 atom stereocenters. The average molecular weight is 405 g/mol. The fourth-order valence-corrected chi connectivity index (χ4v) is 2.04. The third-order valence-corrected chi connectivity index (χ3v) is 3.28. The maximum atomic E-state index is 9.23. The molecule has 0 unspecified atom stereocenters. The highest BCUT2D eigenvalue weighted by molar-refractivity contribution is 14.0. The predicted octanol–water partition coefficient (Wildman–Crippen LogP) is 3.25. The van der Waals surface area contributed by atoms with Gasteiger partial charge in [-0.2, -0.15) is 0 Å². The van der Waals surface area contributed by atoms with Crippen molar-refractivity contribution in [3.05, 3.63) is 29.8 Å². The number of phenolic OH excluding ortho intramolecular Hbond substituents is 1. The molecule has 21 heavy (non-hydrogen) atoms. The molecule has 1 aromatic rings. The number of benzene rings is 1. The molecule has 5 heteroatoms. The maximum absolute atomic E-state index is 9.23. The van der Waals surface area contributed by atoms with Gasteiger partial charge in [-0.05, 0) is 37.0 Å². The maximum Gasteiger partial charge on any atom is 0.193 e. The van der Waals surface area contributed by atoms with E-state index in [0.717, 1.165) is 31.9 Å². The molecule has 0 aliphatic heterocycles. The standard InChI is InChI=1S/C16H27N3O.HI/c1-4-5-13-19(3)16(17-2)18-12-6-7-14-8-10-15(20)11-9-14;/h8-11,20H,4-7,12-13H2,1-3H3,(H,17,18);1H. The molecule has 1 aromatic carbocycles. The molecule has 0 radical (unpaired) electrons. The minimum atomic E-state index is 0. The Bertz CT molecular complexity index is 406. The van der Waals surface area contributed by atoms with Crippen LogP contribution in [0.25, 0.3) is 0 Å². The summed E-state index contributed by atoms with van der Waals surface area (Å²) in [5, 5.41) is 12.6. The van der Waals surface area contributed by atoms with E-state index >= 15 is 0 Å². The fourth-order valence-electron chi connectivity index (χ4n) is 2.04. The van der Waals surface area contributed by atoms with Crippen molar-refractivity contribution in [2.75, 3.05) is 27.2 Å². The minimum absolute atomic E-state index is 0. The van der Waals surface area contributed by atoms with Crippen molar-refractivity contribution in [1.82, 2.24) is 10.2 Å². The van der Waals surface area contributed by atoms with Crippen LogP contribution in [0.15, 0.2) is 29.3 Å². The number of aromatic hydroxyl groups is 1. The largest absolute Gasteiger partial charge is 0.508 e. The van der Waals surface area contributed by atoms with E-state index in [9.17, 15) is 5.11 Å². The highest BCUT2D eigenvalue weighted by Gasteiger charge is 2.04. The summed E-state index contributed by atoms with van der Waals surface area (Å²) in [4.78, 5) is 6.47. The number of halogens is 1. The van der Waals surface area contributed by atoms with Crippen LogP contribution >= 0.6 is 24.0 Å². The zero-order valence-corrected chi connectivity index (χ0v) is 15.6. The average Bonchev–Trinajstić information content (AvgIpc) is 2.46. The monoisotopic (exact) mass is 405 g/mol. The van der Waals surface area contributed by atoms with E-state index in [2.05, 4.69) is 29.2 Å². The van der Waals surface area contributed by atoms with Gasteiger partial charge in [0, 0.05) is 27.2 Å². The molecule has 4 nitrogen and oxygen atoms in total. The Morgan fingerprint density at radius 1 is 1.24 bits per heavy atom. The quantitative estimate of drug-likeness (QED) is 0.317. The van der Waals surface area contributed by atoms with E-state index in [1.807, 2.05) is 19.2 Å². The summed E-state index contributed by atoms with van der Waals surface area (Å²) < 4.78 is 0. The topological polar surface area (TPSA) is 47.9 Å². The third-order valence-electron chi connectivity index (χ3n) is 3.28. The zero-order valence-electron chi connectivity index (χ0n) is 13.3. The SMILES string of the molecule is CCCCN(C)C(=NC)NCCCc1ccc(O)cc1.I. The van der Waals surface area contributed by atoms with E-state index in [0.29, 0.717) is 5.75 Å². The van der Waals surface area contributed by atoms with Gasteiger partial charge in [0.25, 0.3) is 0 Å². The van der Waals surface area contributed by atoms with Crippen molar-refractivity contribution in [2.45, 2.75) is 32.6 Å². The Morgan fingerprint density at radius 2 is 1.90 bits per heavy atom. The second-order valence-corrected chi connectivity index (χ2v) is 5.02. The molecule has 0 bridgehead atoms. The van der Waals surface area contributed by atoms with Crippen molar-refractivity contribution in [3.8, 4) is 5.75 Å². The highest BCUT2D eigenvalue weighted by Crippen LogP contribution is 2.10. The van der Waals surface area contributed by atoms with Gasteiger partial charge in [-0.15, -0.1) is 24.0 Å². The molecule has 0 amide bonds. The second kappa shape index (κ2) is 11.7. The van der Waals surface area contributed by atoms with Crippen LogP contribution in [0.4, 0.5) is 0 Å². The molecular formula is C16H28IN3O. The molecule has 0 saturated heterocycles. The highest BCUT2D eigenvalue weighted by atomic mass is 127. The number of nitrogens with zero attached hydrogens (tertiary/aromatic N) is 2. The number of aliphatic imine (C=N–C) groups is 1. The molecule has 0 spiro atoms. The molecule has 0 aliphatic carbocycles. The Balaban J connectivity index is 0.00000400. The minimum Gasteiger partial charge on any atom is -0.508 e. The normalized spacial score (nSPS) is 10.9. The lowest BCUT2D eigenvalue weighted by Gasteiger charge is -2.21. The van der Waals surface area contributed by atoms with Crippen molar-refractivity contribution in [3.63, 3.8) is 0 Å². The Morgan fingerprint density at radius 3 is 2.48 bits per heavy atom. The van der Waals surface area contributed by atoms with Gasteiger partial charge in [0.2, 0.25) is 0 Å². The summed E-state index contributed by atoms with van der Waals surface area (Å²) in [7, 11) is 3.90. The molecule has 120 valence electrons. The van der Waals surface area contributed by atoms with E-state index in [4.69, 9.17) is 0 Å². The first-order chi connectivity index (χ1) is 9.67. The van der Waals surface area contributed by atoms with Gasteiger partial charge in [0.15, 0.2) is 5.96 Å². The van der Waals surface area contributed by atoms with Crippen LogP contribution in [-0.4, -0.2) is 43.2 Å². The molecule has 0 aliphatic rings. The van der Waals surface area contributed by atoms with Gasteiger partial charge in [-0.1, -0.05) is 25.5 Å². The van der Waals surface area contributed by atoms with Crippen LogP contribution in [0.2, 0.25) is 0 Å². The van der Waals surface area contributed by atoms with Crippen molar-refractivity contribution >= 4 is 29.9 Å². The van der Waals surface area contributed by atoms with Gasteiger partial charge in [-0.3, -0.25) is 4.99 Å². The second-order valence-electron chi connectivity index (χ2n) is 5.02. The van der Waals surface area contributed by atoms with Crippen LogP contribution in [0.3, 0.4) is 0 Å². The number of unbranched alkanes of at least 4 members (excludes halogenated alkanes) is 1. The number of aryl methyl sites for hydroxylation is 1. The summed E-state index contributed by atoms with van der Waals surface area (Å²) in [6, 6.07) is 7.41. The van der Waals surface area contributed by atoms with Gasteiger partial charge in [0.05, 0.1) is 0 Å². The van der Waals surface area contributed by atoms with Crippen molar-refractivity contribution in [1.29, 1.82) is 0 Å². The van der Waals surface area contributed by atoms with Gasteiger partial charge in [-0.25, -0.2) is 0 Å². The molecule has 2 N–H and O–H groups in total. The van der Waals surface area contributed by atoms with E-state index in [-0.39, 0.29) is 24.0 Å². The molecule has 0 fully saturated rings. The first-order valence-corrected chi connectivity index (χ1v) is 7.37. The van der Waals surface area contributed by atoms with Crippen LogP contribution in [0.5, 0.6) is 5.75 Å². The van der Waals surface area contributed by atoms with Gasteiger partial charge >= 0.3 is 0 Å². The number of hydrogen-bond donors (Lipinski definition) is 2. The summed E-state index contributed by atoms with van der Waals surface area (Å²) in [6.45, 7) is 4.14. The van der Waals surface area contributed by atoms with Gasteiger partial charge in [0.1, 0.15) is 5.75 Å².